The Kier molecular flexibility index (Phi) is 23.6. The van der Waals surface area contributed by atoms with Gasteiger partial charge in [0, 0.05) is 26.2 Å². The third-order valence-corrected chi connectivity index (χ3v) is 6.79. The highest BCUT2D eigenvalue weighted by molar-refractivity contribution is 5.79. The first-order valence-electron chi connectivity index (χ1n) is 15.9. The molecule has 3 atom stereocenters. The molecule has 13 heteroatoms. The van der Waals surface area contributed by atoms with Gasteiger partial charge in [0.25, 0.3) is 0 Å². The maximum atomic E-state index is 13.2. The Labute approximate surface area is 274 Å². The van der Waals surface area contributed by atoms with Crippen LogP contribution in [0.1, 0.15) is 53.9 Å². The van der Waals surface area contributed by atoms with Crippen LogP contribution in [0.5, 0.6) is 0 Å². The van der Waals surface area contributed by atoms with Crippen LogP contribution in [0.25, 0.3) is 0 Å². The van der Waals surface area contributed by atoms with Crippen LogP contribution < -0.4 is 0 Å². The summed E-state index contributed by atoms with van der Waals surface area (Å²) in [5.41, 5.74) is 0. The van der Waals surface area contributed by atoms with Crippen molar-refractivity contribution in [2.24, 2.45) is 0 Å². The molecule has 46 heavy (non-hydrogen) atoms. The summed E-state index contributed by atoms with van der Waals surface area (Å²) in [5, 5.41) is 0. The Morgan fingerprint density at radius 1 is 0.478 bits per heavy atom. The van der Waals surface area contributed by atoms with Gasteiger partial charge in [-0.05, 0) is 53.9 Å². The first-order valence-corrected chi connectivity index (χ1v) is 15.9. The summed E-state index contributed by atoms with van der Waals surface area (Å²) >= 11 is 0. The lowest BCUT2D eigenvalue weighted by Gasteiger charge is -2.36. The second-order valence-corrected chi connectivity index (χ2v) is 9.96. The summed E-state index contributed by atoms with van der Waals surface area (Å²) in [7, 11) is 0. The number of esters is 5. The van der Waals surface area contributed by atoms with Crippen molar-refractivity contribution in [3.05, 3.63) is 38.0 Å². The highest BCUT2D eigenvalue weighted by Gasteiger charge is 2.33. The van der Waals surface area contributed by atoms with Crippen LogP contribution in [-0.2, 0) is 47.7 Å². The molecular weight excluding hydrogens is 598 g/mol. The summed E-state index contributed by atoms with van der Waals surface area (Å²) in [4.78, 5) is 69.4. The molecule has 0 amide bonds. The Bertz CT molecular complexity index is 913. The Hall–Kier alpha value is -3.55. The Balaban J connectivity index is 6.62. The molecule has 0 heterocycles. The zero-order valence-electron chi connectivity index (χ0n) is 28.4. The lowest BCUT2D eigenvalue weighted by molar-refractivity contribution is -0.154. The number of ether oxygens (including phenoxy) is 5. The van der Waals surface area contributed by atoms with E-state index < -0.39 is 48.0 Å². The van der Waals surface area contributed by atoms with Crippen LogP contribution in [0.4, 0.5) is 0 Å². The number of carbonyl (C=O) groups excluding carboxylic acids is 5. The molecule has 0 aromatic carbocycles. The van der Waals surface area contributed by atoms with Crippen LogP contribution in [0, 0.1) is 0 Å². The molecule has 0 N–H and O–H groups in total. The molecule has 0 saturated heterocycles. The van der Waals surface area contributed by atoms with Crippen molar-refractivity contribution in [3.8, 4) is 0 Å². The molecule has 0 aliphatic carbocycles. The van der Waals surface area contributed by atoms with Gasteiger partial charge in [-0.3, -0.25) is 38.7 Å². The van der Waals surface area contributed by atoms with E-state index in [9.17, 15) is 24.0 Å². The van der Waals surface area contributed by atoms with Crippen molar-refractivity contribution in [1.29, 1.82) is 0 Å². The van der Waals surface area contributed by atoms with Gasteiger partial charge >= 0.3 is 29.8 Å². The van der Waals surface area contributed by atoms with Gasteiger partial charge in [-0.25, -0.2) is 0 Å². The highest BCUT2D eigenvalue weighted by atomic mass is 16.5. The molecule has 0 aliphatic rings. The fraction of sp³-hybridized carbons (Fsp3) is 0.667. The van der Waals surface area contributed by atoms with Crippen LogP contribution in [0.2, 0.25) is 0 Å². The van der Waals surface area contributed by atoms with Gasteiger partial charge in [-0.15, -0.1) is 19.7 Å². The zero-order chi connectivity index (χ0) is 34.9. The minimum absolute atomic E-state index is 0.148. The molecule has 0 spiro atoms. The highest BCUT2D eigenvalue weighted by Crippen LogP contribution is 2.15. The van der Waals surface area contributed by atoms with Crippen LogP contribution in [0.15, 0.2) is 38.0 Å². The van der Waals surface area contributed by atoms with E-state index >= 15 is 0 Å². The van der Waals surface area contributed by atoms with Crippen molar-refractivity contribution < 1.29 is 47.7 Å². The minimum atomic E-state index is -0.828. The van der Waals surface area contributed by atoms with E-state index in [0.29, 0.717) is 0 Å². The molecule has 262 valence electrons. The molecule has 0 fully saturated rings. The topological polar surface area (TPSA) is 141 Å². The minimum Gasteiger partial charge on any atom is -0.465 e. The average Bonchev–Trinajstić information content (AvgIpc) is 3.01. The van der Waals surface area contributed by atoms with E-state index in [1.165, 1.54) is 0 Å². The standard InChI is InChI=1S/C33H55N3O10/c1-9-17-26(31(39)44-14-6)34(20-22-35(24-29(37)42-12-4)27(18-10-2)32(40)45-15-7)21-23-36(25-30(38)43-13-5)28(19-11-3)33(41)46-16-8/h9-11,26-28H,1-3,12-25H2,4-8H3. The van der Waals surface area contributed by atoms with Crippen molar-refractivity contribution >= 4 is 29.8 Å². The van der Waals surface area contributed by atoms with E-state index in [2.05, 4.69) is 19.7 Å². The molecule has 0 saturated carbocycles. The predicted molar refractivity (Wildman–Crippen MR) is 174 cm³/mol. The van der Waals surface area contributed by atoms with Gasteiger partial charge in [0.15, 0.2) is 0 Å². The van der Waals surface area contributed by atoms with Gasteiger partial charge in [0.05, 0.1) is 46.1 Å². The predicted octanol–water partition coefficient (Wildman–Crippen LogP) is 2.54. The summed E-state index contributed by atoms with van der Waals surface area (Å²) in [6, 6.07) is -2.44. The molecule has 0 aromatic heterocycles. The molecular formula is C33H55N3O10. The largest absolute Gasteiger partial charge is 0.465 e. The van der Waals surface area contributed by atoms with Crippen molar-refractivity contribution in [3.63, 3.8) is 0 Å². The monoisotopic (exact) mass is 653 g/mol. The first kappa shape index (κ1) is 42.5. The SMILES string of the molecule is C=CCC(C(=O)OCC)N(CCN(CC(=O)OCC)C(CC=C)C(=O)OCC)CCN(CC(=O)OCC)C(CC=C)C(=O)OCC. The van der Waals surface area contributed by atoms with Gasteiger partial charge in [0.2, 0.25) is 0 Å². The summed E-state index contributed by atoms with van der Waals surface area (Å²) in [5.74, 6) is -2.58. The Morgan fingerprint density at radius 2 is 0.739 bits per heavy atom. The molecule has 0 rings (SSSR count). The number of nitrogens with zero attached hydrogens (tertiary/aromatic N) is 3. The quantitative estimate of drug-likeness (QED) is 0.0729. The van der Waals surface area contributed by atoms with E-state index in [0.717, 1.165) is 0 Å². The van der Waals surface area contributed by atoms with E-state index in [1.807, 2.05) is 4.90 Å². The zero-order valence-corrected chi connectivity index (χ0v) is 28.4. The van der Waals surface area contributed by atoms with E-state index in [4.69, 9.17) is 23.7 Å². The summed E-state index contributed by atoms with van der Waals surface area (Å²) in [6.45, 7) is 20.8. The summed E-state index contributed by atoms with van der Waals surface area (Å²) in [6.07, 6.45) is 5.39. The normalized spacial score (nSPS) is 13.0. The third-order valence-electron chi connectivity index (χ3n) is 6.79. The molecule has 0 aromatic rings. The molecule has 3 unspecified atom stereocenters. The fourth-order valence-corrected chi connectivity index (χ4v) is 4.74. The van der Waals surface area contributed by atoms with Crippen LogP contribution >= 0.6 is 0 Å². The smallest absolute Gasteiger partial charge is 0.323 e. The fourth-order valence-electron chi connectivity index (χ4n) is 4.74. The maximum Gasteiger partial charge on any atom is 0.323 e. The van der Waals surface area contributed by atoms with Crippen molar-refractivity contribution in [2.45, 2.75) is 72.0 Å². The van der Waals surface area contributed by atoms with Crippen LogP contribution in [-0.4, -0.2) is 135 Å². The van der Waals surface area contributed by atoms with Crippen molar-refractivity contribution in [1.82, 2.24) is 14.7 Å². The first-order chi connectivity index (χ1) is 22.1. The number of hydrogen-bond donors (Lipinski definition) is 0. The average molecular weight is 654 g/mol. The Morgan fingerprint density at radius 3 is 1.00 bits per heavy atom. The van der Waals surface area contributed by atoms with E-state index in [1.54, 1.807) is 62.6 Å². The van der Waals surface area contributed by atoms with Gasteiger partial charge in [0.1, 0.15) is 18.1 Å². The second-order valence-electron chi connectivity index (χ2n) is 9.96. The number of carbonyl (C=O) groups is 5. The summed E-state index contributed by atoms with van der Waals surface area (Å²) < 4.78 is 26.3. The number of hydrogen-bond acceptors (Lipinski definition) is 13. The van der Waals surface area contributed by atoms with Gasteiger partial charge in [-0.1, -0.05) is 18.2 Å². The molecule has 0 radical (unpaired) electrons. The molecule has 0 bridgehead atoms. The maximum absolute atomic E-state index is 13.2. The van der Waals surface area contributed by atoms with E-state index in [-0.39, 0.29) is 91.6 Å². The molecule has 13 nitrogen and oxygen atoms in total. The van der Waals surface area contributed by atoms with Gasteiger partial charge < -0.3 is 23.7 Å². The van der Waals surface area contributed by atoms with Crippen LogP contribution in [0.3, 0.4) is 0 Å². The third kappa shape index (κ3) is 16.1. The molecule has 0 aliphatic heterocycles. The number of rotatable bonds is 27. The van der Waals surface area contributed by atoms with Gasteiger partial charge in [-0.2, -0.15) is 0 Å². The second kappa shape index (κ2) is 25.6. The lowest BCUT2D eigenvalue weighted by Crippen LogP contribution is -2.53. The lowest BCUT2D eigenvalue weighted by atomic mass is 10.1. The van der Waals surface area contributed by atoms with Crippen molar-refractivity contribution in [2.75, 3.05) is 72.3 Å².